The number of nitrogens with zero attached hydrogens (tertiary/aromatic N) is 2. The lowest BCUT2D eigenvalue weighted by molar-refractivity contribution is -0.139. The second-order valence-electron chi connectivity index (χ2n) is 10.7. The van der Waals surface area contributed by atoms with Crippen molar-refractivity contribution in [1.29, 1.82) is 0 Å². The topological polar surface area (TPSA) is 91.0 Å². The number of piperidine rings is 1. The molecular formula is C29H33F3N4O4. The van der Waals surface area contributed by atoms with Crippen molar-refractivity contribution in [2.24, 2.45) is 11.8 Å². The Balaban J connectivity index is 1.23. The third kappa shape index (κ3) is 6.71. The molecule has 3 fully saturated rings. The summed E-state index contributed by atoms with van der Waals surface area (Å²) in [6.07, 6.45) is 1.25. The standard InChI is InChI=1S/C29H33F3N4O4/c30-21-4-1-18(2-5-21)28(38)19-7-10-35(11-8-19)16-27(37)36(14-20-3-6-22(31)13-24(20)32)15-26-33-25-9-12-40-17-23(25)29(39)34-26/h1-6,13,19,23,25-26,33H,7-12,14-17H2,(H,34,39). The lowest BCUT2D eigenvalue weighted by atomic mass is 9.89. The van der Waals surface area contributed by atoms with Crippen LogP contribution in [-0.2, 0) is 20.9 Å². The molecule has 0 aliphatic carbocycles. The van der Waals surface area contributed by atoms with Crippen LogP contribution in [0.1, 0.15) is 35.2 Å². The van der Waals surface area contributed by atoms with E-state index in [0.717, 1.165) is 12.1 Å². The van der Waals surface area contributed by atoms with Crippen LogP contribution in [0.5, 0.6) is 0 Å². The minimum atomic E-state index is -0.747. The van der Waals surface area contributed by atoms with Gasteiger partial charge in [-0.05, 0) is 62.7 Å². The highest BCUT2D eigenvalue weighted by Crippen LogP contribution is 2.23. The van der Waals surface area contributed by atoms with Gasteiger partial charge in [0.25, 0.3) is 0 Å². The van der Waals surface area contributed by atoms with Crippen molar-refractivity contribution < 1.29 is 32.3 Å². The number of nitrogens with one attached hydrogen (secondary N) is 2. The van der Waals surface area contributed by atoms with Gasteiger partial charge in [0, 0.05) is 42.3 Å². The SMILES string of the molecule is O=C(c1ccc(F)cc1)C1CCN(CC(=O)N(Cc2ccc(F)cc2F)CC2NC(=O)C3COCCC3N2)CC1. The van der Waals surface area contributed by atoms with Gasteiger partial charge in [0.1, 0.15) is 17.5 Å². The summed E-state index contributed by atoms with van der Waals surface area (Å²) in [6.45, 7) is 1.98. The van der Waals surface area contributed by atoms with E-state index in [1.807, 2.05) is 4.90 Å². The van der Waals surface area contributed by atoms with Gasteiger partial charge in [-0.1, -0.05) is 6.07 Å². The van der Waals surface area contributed by atoms with E-state index < -0.39 is 23.6 Å². The fourth-order valence-electron chi connectivity index (χ4n) is 5.70. The predicted octanol–water partition coefficient (Wildman–Crippen LogP) is 2.48. The van der Waals surface area contributed by atoms with E-state index in [4.69, 9.17) is 4.74 Å². The minimum absolute atomic E-state index is 0.0371. The van der Waals surface area contributed by atoms with Crippen molar-refractivity contribution >= 4 is 17.6 Å². The Bertz CT molecular complexity index is 1240. The molecule has 8 nitrogen and oxygen atoms in total. The Morgan fingerprint density at radius 3 is 2.45 bits per heavy atom. The van der Waals surface area contributed by atoms with Crippen LogP contribution in [0.2, 0.25) is 0 Å². The number of carbonyl (C=O) groups is 3. The molecular weight excluding hydrogens is 525 g/mol. The molecule has 40 heavy (non-hydrogen) atoms. The average Bonchev–Trinajstić information content (AvgIpc) is 2.94. The van der Waals surface area contributed by atoms with E-state index in [0.29, 0.717) is 51.1 Å². The Hall–Kier alpha value is -3.28. The number of likely N-dealkylation sites (tertiary alicyclic amines) is 1. The molecule has 3 aliphatic heterocycles. The molecule has 0 bridgehead atoms. The van der Waals surface area contributed by atoms with Crippen LogP contribution in [0.4, 0.5) is 13.2 Å². The van der Waals surface area contributed by atoms with Crippen molar-refractivity contribution in [3.63, 3.8) is 0 Å². The smallest absolute Gasteiger partial charge is 0.237 e. The maximum absolute atomic E-state index is 14.5. The van der Waals surface area contributed by atoms with Gasteiger partial charge in [-0.2, -0.15) is 0 Å². The maximum Gasteiger partial charge on any atom is 0.237 e. The first-order valence-corrected chi connectivity index (χ1v) is 13.6. The van der Waals surface area contributed by atoms with Crippen LogP contribution in [0.15, 0.2) is 42.5 Å². The number of halogens is 3. The van der Waals surface area contributed by atoms with Crippen molar-refractivity contribution in [1.82, 2.24) is 20.4 Å². The molecule has 2 aromatic carbocycles. The van der Waals surface area contributed by atoms with Crippen LogP contribution in [0, 0.1) is 29.3 Å². The quantitative estimate of drug-likeness (QED) is 0.484. The summed E-state index contributed by atoms with van der Waals surface area (Å²) in [6, 6.07) is 8.69. The summed E-state index contributed by atoms with van der Waals surface area (Å²) in [5, 5.41) is 6.29. The Kier molecular flexibility index (Phi) is 8.82. The second kappa shape index (κ2) is 12.5. The molecule has 0 spiro atoms. The number of ether oxygens (including phenoxy) is 1. The number of carbonyl (C=O) groups excluding carboxylic acids is 3. The van der Waals surface area contributed by atoms with E-state index in [2.05, 4.69) is 10.6 Å². The number of hydrogen-bond acceptors (Lipinski definition) is 6. The third-order valence-corrected chi connectivity index (χ3v) is 8.00. The molecule has 2 aromatic rings. The molecule has 3 unspecified atom stereocenters. The summed E-state index contributed by atoms with van der Waals surface area (Å²) < 4.78 is 46.7. The zero-order chi connectivity index (χ0) is 28.2. The zero-order valence-corrected chi connectivity index (χ0v) is 22.1. The summed E-state index contributed by atoms with van der Waals surface area (Å²) in [5.41, 5.74) is 0.640. The number of fused-ring (bicyclic) bond motifs is 1. The largest absolute Gasteiger partial charge is 0.381 e. The van der Waals surface area contributed by atoms with Crippen LogP contribution in [0.3, 0.4) is 0 Å². The number of rotatable bonds is 8. The van der Waals surface area contributed by atoms with Gasteiger partial charge in [-0.25, -0.2) is 13.2 Å². The molecule has 11 heteroatoms. The number of Topliss-reactive ketones (excluding diaryl/α,β-unsaturated/α-hetero) is 1. The van der Waals surface area contributed by atoms with Gasteiger partial charge >= 0.3 is 0 Å². The molecule has 2 N–H and O–H groups in total. The highest BCUT2D eigenvalue weighted by Gasteiger charge is 2.39. The molecule has 5 rings (SSSR count). The molecule has 3 atom stereocenters. The summed E-state index contributed by atoms with van der Waals surface area (Å²) in [7, 11) is 0. The molecule has 0 aromatic heterocycles. The normalized spacial score (nSPS) is 23.8. The molecule has 3 saturated heterocycles. The van der Waals surface area contributed by atoms with Crippen LogP contribution >= 0.6 is 0 Å². The summed E-state index contributed by atoms with van der Waals surface area (Å²) in [4.78, 5) is 42.5. The third-order valence-electron chi connectivity index (χ3n) is 8.00. The first kappa shape index (κ1) is 28.3. The summed E-state index contributed by atoms with van der Waals surface area (Å²) >= 11 is 0. The second-order valence-corrected chi connectivity index (χ2v) is 10.7. The fourth-order valence-corrected chi connectivity index (χ4v) is 5.70. The molecule has 214 valence electrons. The van der Waals surface area contributed by atoms with Crippen molar-refractivity contribution in [3.8, 4) is 0 Å². The fraction of sp³-hybridized carbons (Fsp3) is 0.483. The molecule has 3 aliphatic rings. The Labute approximate surface area is 230 Å². The first-order valence-electron chi connectivity index (χ1n) is 13.6. The van der Waals surface area contributed by atoms with Crippen molar-refractivity contribution in [3.05, 3.63) is 71.0 Å². The number of benzene rings is 2. The van der Waals surface area contributed by atoms with Gasteiger partial charge in [0.05, 0.1) is 31.8 Å². The van der Waals surface area contributed by atoms with Crippen molar-refractivity contribution in [2.75, 3.05) is 39.4 Å². The van der Waals surface area contributed by atoms with E-state index in [1.54, 1.807) is 0 Å². The van der Waals surface area contributed by atoms with Crippen LogP contribution < -0.4 is 10.6 Å². The molecule has 0 saturated carbocycles. The van der Waals surface area contributed by atoms with E-state index in [1.165, 1.54) is 35.2 Å². The van der Waals surface area contributed by atoms with Gasteiger partial charge in [-0.15, -0.1) is 0 Å². The number of ketones is 1. The number of amides is 2. The highest BCUT2D eigenvalue weighted by atomic mass is 19.1. The van der Waals surface area contributed by atoms with Crippen LogP contribution in [-0.4, -0.2) is 79.0 Å². The van der Waals surface area contributed by atoms with E-state index in [-0.39, 0.29) is 60.7 Å². The predicted molar refractivity (Wildman–Crippen MR) is 139 cm³/mol. The average molecular weight is 559 g/mol. The molecule has 3 heterocycles. The van der Waals surface area contributed by atoms with Gasteiger partial charge in [0.2, 0.25) is 11.8 Å². The highest BCUT2D eigenvalue weighted by molar-refractivity contribution is 5.97. The zero-order valence-electron chi connectivity index (χ0n) is 22.1. The lowest BCUT2D eigenvalue weighted by Crippen LogP contribution is -2.66. The van der Waals surface area contributed by atoms with Crippen molar-refractivity contribution in [2.45, 2.75) is 38.0 Å². The van der Waals surface area contributed by atoms with Crippen LogP contribution in [0.25, 0.3) is 0 Å². The van der Waals surface area contributed by atoms with E-state index in [9.17, 15) is 27.6 Å². The lowest BCUT2D eigenvalue weighted by Gasteiger charge is -2.41. The Morgan fingerprint density at radius 1 is 1.00 bits per heavy atom. The maximum atomic E-state index is 14.5. The number of hydrogen-bond donors (Lipinski definition) is 2. The van der Waals surface area contributed by atoms with Gasteiger partial charge in [0.15, 0.2) is 5.78 Å². The van der Waals surface area contributed by atoms with E-state index >= 15 is 0 Å². The molecule has 0 radical (unpaired) electrons. The molecule has 2 amide bonds. The minimum Gasteiger partial charge on any atom is -0.381 e. The summed E-state index contributed by atoms with van der Waals surface area (Å²) in [5.74, 6) is -2.82. The first-order chi connectivity index (χ1) is 19.3. The van der Waals surface area contributed by atoms with Gasteiger partial charge in [-0.3, -0.25) is 24.6 Å². The monoisotopic (exact) mass is 558 g/mol. The Morgan fingerprint density at radius 2 is 1.73 bits per heavy atom. The van der Waals surface area contributed by atoms with Gasteiger partial charge < -0.3 is 15.0 Å².